The zero-order chi connectivity index (χ0) is 17.6. The van der Waals surface area contributed by atoms with Crippen LogP contribution in [0.1, 0.15) is 22.8 Å². The average Bonchev–Trinajstić information content (AvgIpc) is 3.21. The molecule has 1 heterocycles. The van der Waals surface area contributed by atoms with Crippen molar-refractivity contribution >= 4 is 11.6 Å². The Bertz CT molecular complexity index is 869. The molecule has 126 valence electrons. The van der Waals surface area contributed by atoms with E-state index in [9.17, 15) is 4.79 Å². The van der Waals surface area contributed by atoms with Crippen LogP contribution < -0.4 is 10.2 Å². The number of hydrogen-bond acceptors (Lipinski definition) is 5. The maximum absolute atomic E-state index is 12.1. The Morgan fingerprint density at radius 2 is 1.76 bits per heavy atom. The van der Waals surface area contributed by atoms with Crippen LogP contribution in [0.3, 0.4) is 0 Å². The normalized spacial score (nSPS) is 11.2. The lowest BCUT2D eigenvalue weighted by atomic mass is 10.1. The van der Waals surface area contributed by atoms with Crippen molar-refractivity contribution in [3.63, 3.8) is 0 Å². The highest BCUT2D eigenvalue weighted by atomic mass is 16.5. The van der Waals surface area contributed by atoms with E-state index < -0.39 is 0 Å². The Hall–Kier alpha value is -3.48. The summed E-state index contributed by atoms with van der Waals surface area (Å²) in [4.78, 5) is 16.0. The van der Waals surface area contributed by atoms with Crippen LogP contribution >= 0.6 is 0 Å². The third-order valence-electron chi connectivity index (χ3n) is 3.65. The summed E-state index contributed by atoms with van der Waals surface area (Å²) in [7, 11) is 1.58. The third kappa shape index (κ3) is 3.89. The minimum absolute atomic E-state index is 0.277. The molecule has 0 bridgehead atoms. The lowest BCUT2D eigenvalue weighted by Gasteiger charge is -2.05. The fraction of sp³-hybridized carbons (Fsp3) is 0.111. The molecule has 1 aromatic heterocycles. The molecule has 7 nitrogen and oxygen atoms in total. The number of nitrogens with zero attached hydrogens (tertiary/aromatic N) is 4. The number of aromatic nitrogens is 3. The molecule has 3 aromatic rings. The predicted molar refractivity (Wildman–Crippen MR) is 94.0 cm³/mol. The highest BCUT2D eigenvalue weighted by molar-refractivity contribution is 6.01. The first-order chi connectivity index (χ1) is 12.2. The molecule has 0 saturated carbocycles. The van der Waals surface area contributed by atoms with Crippen molar-refractivity contribution in [2.24, 2.45) is 5.10 Å². The maximum Gasteiger partial charge on any atom is 0.271 e. The monoisotopic (exact) mass is 335 g/mol. The summed E-state index contributed by atoms with van der Waals surface area (Å²) in [5, 5.41) is 8.23. The molecule has 7 heteroatoms. The minimum atomic E-state index is -0.277. The molecule has 0 saturated heterocycles. The number of ether oxygens (including phenoxy) is 1. The molecule has 0 aliphatic rings. The Morgan fingerprint density at radius 3 is 2.36 bits per heavy atom. The highest BCUT2D eigenvalue weighted by Gasteiger charge is 2.05. The fourth-order valence-corrected chi connectivity index (χ4v) is 2.20. The molecule has 2 aromatic carbocycles. The van der Waals surface area contributed by atoms with E-state index in [0.717, 1.165) is 11.3 Å². The molecule has 1 N–H and O–H groups in total. The molecule has 1 amide bonds. The number of methoxy groups -OCH3 is 1. The summed E-state index contributed by atoms with van der Waals surface area (Å²) in [6, 6.07) is 14.5. The van der Waals surface area contributed by atoms with E-state index >= 15 is 0 Å². The van der Waals surface area contributed by atoms with Gasteiger partial charge in [0.2, 0.25) is 0 Å². The Kier molecular flexibility index (Phi) is 4.84. The summed E-state index contributed by atoms with van der Waals surface area (Å²) in [5.41, 5.74) is 5.57. The first-order valence-corrected chi connectivity index (χ1v) is 7.61. The van der Waals surface area contributed by atoms with Crippen molar-refractivity contribution in [2.45, 2.75) is 6.92 Å². The van der Waals surface area contributed by atoms with Gasteiger partial charge in [-0.05, 0) is 48.9 Å². The van der Waals surface area contributed by atoms with Gasteiger partial charge in [0.15, 0.2) is 0 Å². The molecule has 0 fully saturated rings. The van der Waals surface area contributed by atoms with E-state index in [1.807, 2.05) is 31.2 Å². The quantitative estimate of drug-likeness (QED) is 0.573. The SMILES string of the molecule is COc1ccc(C(=O)N/N=C(\C)c2ccc(-n3cncn3)cc2)cc1. The summed E-state index contributed by atoms with van der Waals surface area (Å²) < 4.78 is 6.74. The standard InChI is InChI=1S/C18H17N5O2/c1-13(14-3-7-16(8-4-14)23-12-19-11-20-23)21-22-18(24)15-5-9-17(25-2)10-6-15/h3-12H,1-2H3,(H,22,24)/b21-13+. The minimum Gasteiger partial charge on any atom is -0.497 e. The van der Waals surface area contributed by atoms with Crippen LogP contribution in [0, 0.1) is 0 Å². The Morgan fingerprint density at radius 1 is 1.08 bits per heavy atom. The van der Waals surface area contributed by atoms with Crippen LogP contribution in [-0.2, 0) is 0 Å². The number of rotatable bonds is 5. The molecule has 0 unspecified atom stereocenters. The highest BCUT2D eigenvalue weighted by Crippen LogP contribution is 2.11. The summed E-state index contributed by atoms with van der Waals surface area (Å²) in [6.07, 6.45) is 3.11. The number of amides is 1. The molecule has 3 rings (SSSR count). The largest absolute Gasteiger partial charge is 0.497 e. The lowest BCUT2D eigenvalue weighted by molar-refractivity contribution is 0.0955. The van der Waals surface area contributed by atoms with Crippen LogP contribution in [0.25, 0.3) is 5.69 Å². The van der Waals surface area contributed by atoms with Gasteiger partial charge in [0.25, 0.3) is 5.91 Å². The van der Waals surface area contributed by atoms with E-state index in [-0.39, 0.29) is 5.91 Å². The van der Waals surface area contributed by atoms with Gasteiger partial charge in [0.05, 0.1) is 18.5 Å². The predicted octanol–water partition coefficient (Wildman–Crippen LogP) is 2.43. The smallest absolute Gasteiger partial charge is 0.271 e. The van der Waals surface area contributed by atoms with Crippen LogP contribution in [0.4, 0.5) is 0 Å². The molecular formula is C18H17N5O2. The van der Waals surface area contributed by atoms with Crippen molar-refractivity contribution in [1.29, 1.82) is 0 Å². The fourth-order valence-electron chi connectivity index (χ4n) is 2.20. The number of carbonyl (C=O) groups is 1. The molecule has 0 spiro atoms. The van der Waals surface area contributed by atoms with Gasteiger partial charge in [0, 0.05) is 5.56 Å². The van der Waals surface area contributed by atoms with Gasteiger partial charge in [-0.1, -0.05) is 12.1 Å². The van der Waals surface area contributed by atoms with Crippen molar-refractivity contribution in [3.05, 3.63) is 72.3 Å². The van der Waals surface area contributed by atoms with Crippen LogP contribution in [0.5, 0.6) is 5.75 Å². The van der Waals surface area contributed by atoms with E-state index in [2.05, 4.69) is 20.6 Å². The van der Waals surface area contributed by atoms with Crippen molar-refractivity contribution in [2.75, 3.05) is 7.11 Å². The van der Waals surface area contributed by atoms with Gasteiger partial charge >= 0.3 is 0 Å². The number of hydrazone groups is 1. The molecule has 25 heavy (non-hydrogen) atoms. The lowest BCUT2D eigenvalue weighted by Crippen LogP contribution is -2.19. The van der Waals surface area contributed by atoms with Crippen molar-refractivity contribution < 1.29 is 9.53 Å². The molecule has 0 atom stereocenters. The molecule has 0 radical (unpaired) electrons. The molecular weight excluding hydrogens is 318 g/mol. The zero-order valence-electron chi connectivity index (χ0n) is 13.9. The van der Waals surface area contributed by atoms with E-state index in [0.29, 0.717) is 17.0 Å². The maximum atomic E-state index is 12.1. The van der Waals surface area contributed by atoms with Gasteiger partial charge in [-0.2, -0.15) is 10.2 Å². The average molecular weight is 335 g/mol. The van der Waals surface area contributed by atoms with Gasteiger partial charge in [-0.25, -0.2) is 15.1 Å². The van der Waals surface area contributed by atoms with E-state index in [4.69, 9.17) is 4.74 Å². The van der Waals surface area contributed by atoms with Gasteiger partial charge in [-0.3, -0.25) is 4.79 Å². The van der Waals surface area contributed by atoms with Gasteiger partial charge < -0.3 is 4.74 Å². The second-order valence-electron chi connectivity index (χ2n) is 5.25. The summed E-state index contributed by atoms with van der Waals surface area (Å²) >= 11 is 0. The zero-order valence-corrected chi connectivity index (χ0v) is 13.9. The number of hydrogen-bond donors (Lipinski definition) is 1. The first kappa shape index (κ1) is 16.4. The second-order valence-corrected chi connectivity index (χ2v) is 5.25. The number of nitrogens with one attached hydrogen (secondary N) is 1. The Labute approximate surface area is 145 Å². The summed E-state index contributed by atoms with van der Waals surface area (Å²) in [5.74, 6) is 0.421. The second kappa shape index (κ2) is 7.39. The third-order valence-corrected chi connectivity index (χ3v) is 3.65. The number of benzene rings is 2. The van der Waals surface area contributed by atoms with E-state index in [1.165, 1.54) is 6.33 Å². The van der Waals surface area contributed by atoms with Crippen LogP contribution in [0.2, 0.25) is 0 Å². The van der Waals surface area contributed by atoms with Crippen molar-refractivity contribution in [1.82, 2.24) is 20.2 Å². The number of carbonyl (C=O) groups excluding carboxylic acids is 1. The van der Waals surface area contributed by atoms with Gasteiger partial charge in [-0.15, -0.1) is 0 Å². The molecule has 0 aliphatic carbocycles. The van der Waals surface area contributed by atoms with Crippen LogP contribution in [-0.4, -0.2) is 33.5 Å². The van der Waals surface area contributed by atoms with Crippen molar-refractivity contribution in [3.8, 4) is 11.4 Å². The van der Waals surface area contributed by atoms with E-state index in [1.54, 1.807) is 42.4 Å². The summed E-state index contributed by atoms with van der Waals surface area (Å²) in [6.45, 7) is 1.83. The van der Waals surface area contributed by atoms with Crippen LogP contribution in [0.15, 0.2) is 66.3 Å². The Balaban J connectivity index is 1.67. The first-order valence-electron chi connectivity index (χ1n) is 7.61. The topological polar surface area (TPSA) is 81.4 Å². The molecule has 0 aliphatic heterocycles. The van der Waals surface area contributed by atoms with Gasteiger partial charge in [0.1, 0.15) is 18.4 Å².